The van der Waals surface area contributed by atoms with Gasteiger partial charge in [0.05, 0.1) is 0 Å². The summed E-state index contributed by atoms with van der Waals surface area (Å²) in [6, 6.07) is 11.2. The van der Waals surface area contributed by atoms with Crippen LogP contribution in [0.15, 0.2) is 35.2 Å². The largest absolute Gasteiger partial charge is 0.313 e. The lowest BCUT2D eigenvalue weighted by molar-refractivity contribution is 0.443. The molecule has 0 heterocycles. The third-order valence-corrected chi connectivity index (χ3v) is 3.58. The van der Waals surface area contributed by atoms with Crippen LogP contribution in [-0.2, 0) is 0 Å². The second-order valence-corrected chi connectivity index (χ2v) is 5.13. The van der Waals surface area contributed by atoms with E-state index in [-0.39, 0.29) is 0 Å². The second-order valence-electron chi connectivity index (χ2n) is 4.03. The first kappa shape index (κ1) is 12.6. The predicted octanol–water partition coefficient (Wildman–Crippen LogP) is 3.41. The van der Waals surface area contributed by atoms with Gasteiger partial charge in [0.15, 0.2) is 0 Å². The van der Waals surface area contributed by atoms with Gasteiger partial charge in [-0.2, -0.15) is 0 Å². The van der Waals surface area contributed by atoms with E-state index >= 15 is 0 Å². The molecular weight excluding hydrogens is 202 g/mol. The smallest absolute Gasteiger partial charge is 0.0184 e. The highest BCUT2D eigenvalue weighted by molar-refractivity contribution is 7.99. The number of rotatable bonds is 6. The van der Waals surface area contributed by atoms with E-state index in [4.69, 9.17) is 0 Å². The Morgan fingerprint density at radius 3 is 2.40 bits per heavy atom. The Hall–Kier alpha value is -0.470. The van der Waals surface area contributed by atoms with Crippen LogP contribution in [0.1, 0.15) is 20.8 Å². The molecule has 1 unspecified atom stereocenters. The molecule has 1 aromatic carbocycles. The molecule has 0 saturated heterocycles. The first-order valence-electron chi connectivity index (χ1n) is 5.65. The van der Waals surface area contributed by atoms with Gasteiger partial charge in [-0.1, -0.05) is 39.0 Å². The fourth-order valence-corrected chi connectivity index (χ4v) is 2.68. The van der Waals surface area contributed by atoms with Crippen LogP contribution >= 0.6 is 11.8 Å². The maximum Gasteiger partial charge on any atom is 0.0184 e. The van der Waals surface area contributed by atoms with Crippen molar-refractivity contribution in [3.05, 3.63) is 30.3 Å². The van der Waals surface area contributed by atoms with Crippen molar-refractivity contribution in [2.75, 3.05) is 12.3 Å². The Labute approximate surface area is 97.7 Å². The first-order chi connectivity index (χ1) is 7.24. The Morgan fingerprint density at radius 1 is 1.20 bits per heavy atom. The highest BCUT2D eigenvalue weighted by atomic mass is 32.2. The second kappa shape index (κ2) is 6.91. The molecule has 0 fully saturated rings. The van der Waals surface area contributed by atoms with Crippen molar-refractivity contribution in [3.63, 3.8) is 0 Å². The van der Waals surface area contributed by atoms with Gasteiger partial charge in [0.25, 0.3) is 0 Å². The molecule has 0 amide bonds. The summed E-state index contributed by atoms with van der Waals surface area (Å²) in [7, 11) is 0. The molecule has 1 rings (SSSR count). The molecule has 0 spiro atoms. The summed E-state index contributed by atoms with van der Waals surface area (Å²) < 4.78 is 0. The predicted molar refractivity (Wildman–Crippen MR) is 69.5 cm³/mol. The zero-order valence-corrected chi connectivity index (χ0v) is 10.7. The van der Waals surface area contributed by atoms with Gasteiger partial charge in [-0.15, -0.1) is 11.8 Å². The van der Waals surface area contributed by atoms with E-state index in [1.54, 1.807) is 0 Å². The van der Waals surface area contributed by atoms with Gasteiger partial charge < -0.3 is 5.32 Å². The normalized spacial score (nSPS) is 13.1. The van der Waals surface area contributed by atoms with Crippen LogP contribution in [0.25, 0.3) is 0 Å². The van der Waals surface area contributed by atoms with Gasteiger partial charge in [0, 0.05) is 16.7 Å². The summed E-state index contributed by atoms with van der Waals surface area (Å²) >= 11 is 1.93. The molecule has 2 heteroatoms. The van der Waals surface area contributed by atoms with Crippen molar-refractivity contribution in [2.45, 2.75) is 31.7 Å². The molecule has 0 aliphatic rings. The number of nitrogens with one attached hydrogen (secondary N) is 1. The van der Waals surface area contributed by atoms with Gasteiger partial charge >= 0.3 is 0 Å². The molecule has 1 atom stereocenters. The summed E-state index contributed by atoms with van der Waals surface area (Å²) in [4.78, 5) is 1.36. The Balaban J connectivity index is 2.40. The van der Waals surface area contributed by atoms with Crippen molar-refractivity contribution in [2.24, 2.45) is 5.92 Å². The molecule has 1 N–H and O–H groups in total. The van der Waals surface area contributed by atoms with E-state index in [0.29, 0.717) is 12.0 Å². The molecule has 0 aliphatic heterocycles. The molecule has 0 aromatic heterocycles. The SMILES string of the molecule is CCNC(CSc1ccccc1)C(C)C. The summed E-state index contributed by atoms with van der Waals surface area (Å²) in [5.74, 6) is 1.84. The molecule has 1 nitrogen and oxygen atoms in total. The molecule has 0 saturated carbocycles. The fourth-order valence-electron chi connectivity index (χ4n) is 1.45. The number of hydrogen-bond donors (Lipinski definition) is 1. The minimum atomic E-state index is 0.611. The van der Waals surface area contributed by atoms with E-state index in [1.165, 1.54) is 4.90 Å². The minimum Gasteiger partial charge on any atom is -0.313 e. The van der Waals surface area contributed by atoms with Crippen LogP contribution in [0.4, 0.5) is 0 Å². The molecule has 0 radical (unpaired) electrons. The minimum absolute atomic E-state index is 0.611. The third kappa shape index (κ3) is 4.72. The summed E-state index contributed by atoms with van der Waals surface area (Å²) in [5.41, 5.74) is 0. The number of thioether (sulfide) groups is 1. The van der Waals surface area contributed by atoms with Crippen molar-refractivity contribution >= 4 is 11.8 Å². The van der Waals surface area contributed by atoms with Crippen molar-refractivity contribution < 1.29 is 0 Å². The lowest BCUT2D eigenvalue weighted by Crippen LogP contribution is -2.35. The monoisotopic (exact) mass is 223 g/mol. The van der Waals surface area contributed by atoms with E-state index in [2.05, 4.69) is 56.4 Å². The number of benzene rings is 1. The van der Waals surface area contributed by atoms with E-state index < -0.39 is 0 Å². The maximum absolute atomic E-state index is 3.53. The van der Waals surface area contributed by atoms with Gasteiger partial charge in [-0.3, -0.25) is 0 Å². The Bertz CT molecular complexity index is 258. The topological polar surface area (TPSA) is 12.0 Å². The standard InChI is InChI=1S/C13H21NS/c1-4-14-13(11(2)3)10-15-12-8-6-5-7-9-12/h5-9,11,13-14H,4,10H2,1-3H3. The van der Waals surface area contributed by atoms with E-state index in [0.717, 1.165) is 12.3 Å². The summed E-state index contributed by atoms with van der Waals surface area (Å²) in [5, 5.41) is 3.53. The van der Waals surface area contributed by atoms with Gasteiger partial charge in [0.2, 0.25) is 0 Å². The molecule has 0 bridgehead atoms. The van der Waals surface area contributed by atoms with Gasteiger partial charge in [-0.05, 0) is 24.6 Å². The zero-order valence-electron chi connectivity index (χ0n) is 9.86. The van der Waals surface area contributed by atoms with Crippen molar-refractivity contribution in [1.82, 2.24) is 5.32 Å². The molecule has 84 valence electrons. The van der Waals surface area contributed by atoms with E-state index in [9.17, 15) is 0 Å². The summed E-state index contributed by atoms with van der Waals surface area (Å²) in [6.45, 7) is 7.78. The van der Waals surface area contributed by atoms with Crippen molar-refractivity contribution in [3.8, 4) is 0 Å². The Morgan fingerprint density at radius 2 is 1.87 bits per heavy atom. The zero-order chi connectivity index (χ0) is 11.1. The van der Waals surface area contributed by atoms with Crippen LogP contribution in [0.5, 0.6) is 0 Å². The highest BCUT2D eigenvalue weighted by Crippen LogP contribution is 2.20. The van der Waals surface area contributed by atoms with Gasteiger partial charge in [0.1, 0.15) is 0 Å². The lowest BCUT2D eigenvalue weighted by atomic mass is 10.1. The molecule has 15 heavy (non-hydrogen) atoms. The Kier molecular flexibility index (Phi) is 5.81. The molecule has 0 aliphatic carbocycles. The average molecular weight is 223 g/mol. The van der Waals surface area contributed by atoms with Crippen LogP contribution in [0, 0.1) is 5.92 Å². The van der Waals surface area contributed by atoms with Gasteiger partial charge in [-0.25, -0.2) is 0 Å². The quantitative estimate of drug-likeness (QED) is 0.742. The first-order valence-corrected chi connectivity index (χ1v) is 6.63. The van der Waals surface area contributed by atoms with Crippen LogP contribution in [0.3, 0.4) is 0 Å². The van der Waals surface area contributed by atoms with Crippen LogP contribution < -0.4 is 5.32 Å². The third-order valence-electron chi connectivity index (χ3n) is 2.44. The average Bonchev–Trinajstić information content (AvgIpc) is 2.25. The van der Waals surface area contributed by atoms with E-state index in [1.807, 2.05) is 11.8 Å². The fraction of sp³-hybridized carbons (Fsp3) is 0.538. The maximum atomic E-state index is 3.53. The van der Waals surface area contributed by atoms with Crippen LogP contribution in [-0.4, -0.2) is 18.3 Å². The summed E-state index contributed by atoms with van der Waals surface area (Å²) in [6.07, 6.45) is 0. The van der Waals surface area contributed by atoms with Crippen LogP contribution in [0.2, 0.25) is 0 Å². The number of hydrogen-bond acceptors (Lipinski definition) is 2. The molecular formula is C13H21NS. The molecule has 1 aromatic rings. The highest BCUT2D eigenvalue weighted by Gasteiger charge is 2.11. The van der Waals surface area contributed by atoms with Crippen molar-refractivity contribution in [1.29, 1.82) is 0 Å². The lowest BCUT2D eigenvalue weighted by Gasteiger charge is -2.21.